The fraction of sp³-hybridized carbons (Fsp3) is 0.353. The predicted molar refractivity (Wildman–Crippen MR) is 82.8 cm³/mol. The first-order valence-corrected chi connectivity index (χ1v) is 7.18. The molecule has 1 aromatic carbocycles. The number of benzene rings is 1. The van der Waals surface area contributed by atoms with E-state index in [4.69, 9.17) is 13.9 Å². The quantitative estimate of drug-likeness (QED) is 0.806. The minimum Gasteiger partial charge on any atom is -0.457 e. The molecule has 0 aliphatic heterocycles. The molecule has 0 amide bonds. The molecule has 0 unspecified atom stereocenters. The number of esters is 2. The average Bonchev–Trinajstić information content (AvgIpc) is 2.86. The van der Waals surface area contributed by atoms with Crippen LogP contribution in [0.5, 0.6) is 0 Å². The van der Waals surface area contributed by atoms with Crippen LogP contribution in [0.3, 0.4) is 0 Å². The standard InChI is InChI=1S/C17H19NO5/c1-11-14(16(20)21-10-13(19)23-17(2,3)4)18-15(22-11)12-8-6-5-7-9-12/h5-9H,10H2,1-4H3. The van der Waals surface area contributed by atoms with Crippen LogP contribution in [0.4, 0.5) is 0 Å². The molecule has 0 fully saturated rings. The summed E-state index contributed by atoms with van der Waals surface area (Å²) in [5.74, 6) is -0.681. The Hall–Kier alpha value is -2.63. The third-order valence-corrected chi connectivity index (χ3v) is 2.75. The van der Waals surface area contributed by atoms with E-state index >= 15 is 0 Å². The molecule has 0 aliphatic rings. The number of hydrogen-bond acceptors (Lipinski definition) is 6. The van der Waals surface area contributed by atoms with Gasteiger partial charge in [-0.3, -0.25) is 0 Å². The molecule has 2 aromatic rings. The van der Waals surface area contributed by atoms with Crippen molar-refractivity contribution in [3.05, 3.63) is 41.8 Å². The summed E-state index contributed by atoms with van der Waals surface area (Å²) in [6, 6.07) is 9.20. The summed E-state index contributed by atoms with van der Waals surface area (Å²) in [6.07, 6.45) is 0. The average molecular weight is 317 g/mol. The second-order valence-corrected chi connectivity index (χ2v) is 5.95. The van der Waals surface area contributed by atoms with Gasteiger partial charge in [0.05, 0.1) is 0 Å². The molecule has 0 saturated heterocycles. The lowest BCUT2D eigenvalue weighted by atomic mass is 10.2. The number of ether oxygens (including phenoxy) is 2. The Balaban J connectivity index is 2.03. The molecule has 0 bridgehead atoms. The second kappa shape index (κ2) is 6.64. The summed E-state index contributed by atoms with van der Waals surface area (Å²) < 4.78 is 15.5. The lowest BCUT2D eigenvalue weighted by molar-refractivity contribution is -0.158. The van der Waals surface area contributed by atoms with Crippen molar-refractivity contribution in [3.63, 3.8) is 0 Å². The van der Waals surface area contributed by atoms with Gasteiger partial charge < -0.3 is 13.9 Å². The highest BCUT2D eigenvalue weighted by atomic mass is 16.6. The summed E-state index contributed by atoms with van der Waals surface area (Å²) in [5.41, 5.74) is 0.169. The summed E-state index contributed by atoms with van der Waals surface area (Å²) in [6.45, 7) is 6.36. The van der Waals surface area contributed by atoms with Crippen molar-refractivity contribution in [1.29, 1.82) is 0 Å². The van der Waals surface area contributed by atoms with E-state index < -0.39 is 24.1 Å². The van der Waals surface area contributed by atoms with Gasteiger partial charge >= 0.3 is 11.9 Å². The molecule has 122 valence electrons. The lowest BCUT2D eigenvalue weighted by Gasteiger charge is -2.19. The van der Waals surface area contributed by atoms with Gasteiger partial charge in [-0.15, -0.1) is 0 Å². The zero-order chi connectivity index (χ0) is 17.0. The zero-order valence-corrected chi connectivity index (χ0v) is 13.6. The first-order chi connectivity index (χ1) is 10.8. The maximum Gasteiger partial charge on any atom is 0.361 e. The van der Waals surface area contributed by atoms with Crippen LogP contribution < -0.4 is 0 Å². The molecule has 0 spiro atoms. The third-order valence-electron chi connectivity index (χ3n) is 2.75. The first-order valence-electron chi connectivity index (χ1n) is 7.18. The van der Waals surface area contributed by atoms with E-state index in [-0.39, 0.29) is 5.69 Å². The Labute approximate surface area is 134 Å². The van der Waals surface area contributed by atoms with Crippen molar-refractivity contribution >= 4 is 11.9 Å². The van der Waals surface area contributed by atoms with Gasteiger partial charge in [0.2, 0.25) is 5.89 Å². The topological polar surface area (TPSA) is 78.6 Å². The fourth-order valence-corrected chi connectivity index (χ4v) is 1.85. The molecule has 0 radical (unpaired) electrons. The highest BCUT2D eigenvalue weighted by Gasteiger charge is 2.22. The van der Waals surface area contributed by atoms with E-state index in [0.29, 0.717) is 11.7 Å². The van der Waals surface area contributed by atoms with Gasteiger partial charge in [0.1, 0.15) is 11.4 Å². The van der Waals surface area contributed by atoms with Crippen molar-refractivity contribution < 1.29 is 23.5 Å². The number of carbonyl (C=O) groups is 2. The van der Waals surface area contributed by atoms with Crippen LogP contribution in [0.2, 0.25) is 0 Å². The summed E-state index contributed by atoms with van der Waals surface area (Å²) >= 11 is 0. The van der Waals surface area contributed by atoms with E-state index in [9.17, 15) is 9.59 Å². The molecule has 0 aliphatic carbocycles. The number of carbonyl (C=O) groups excluding carboxylic acids is 2. The number of aromatic nitrogens is 1. The van der Waals surface area contributed by atoms with Gasteiger partial charge in [-0.05, 0) is 39.8 Å². The van der Waals surface area contributed by atoms with Gasteiger partial charge in [-0.1, -0.05) is 18.2 Å². The molecule has 6 heteroatoms. The van der Waals surface area contributed by atoms with Crippen molar-refractivity contribution in [2.75, 3.05) is 6.61 Å². The largest absolute Gasteiger partial charge is 0.457 e. The maximum absolute atomic E-state index is 12.0. The first kappa shape index (κ1) is 16.7. The van der Waals surface area contributed by atoms with Gasteiger partial charge in [0.15, 0.2) is 12.3 Å². The highest BCUT2D eigenvalue weighted by Crippen LogP contribution is 2.21. The van der Waals surface area contributed by atoms with Crippen LogP contribution in [0, 0.1) is 6.92 Å². The van der Waals surface area contributed by atoms with Gasteiger partial charge in [0.25, 0.3) is 0 Å². The van der Waals surface area contributed by atoms with Gasteiger partial charge in [-0.25, -0.2) is 14.6 Å². The molecule has 1 aromatic heterocycles. The SMILES string of the molecule is Cc1oc(-c2ccccc2)nc1C(=O)OCC(=O)OC(C)(C)C. The molecule has 6 nitrogen and oxygen atoms in total. The maximum atomic E-state index is 12.0. The molecular formula is C17H19NO5. The summed E-state index contributed by atoms with van der Waals surface area (Å²) in [4.78, 5) is 27.7. The van der Waals surface area contributed by atoms with E-state index in [1.54, 1.807) is 27.7 Å². The Bertz CT molecular complexity index is 698. The van der Waals surface area contributed by atoms with Crippen LogP contribution in [0.15, 0.2) is 34.7 Å². The normalized spacial score (nSPS) is 11.1. The Morgan fingerprint density at radius 2 is 1.83 bits per heavy atom. The molecule has 1 heterocycles. The van der Waals surface area contributed by atoms with E-state index in [0.717, 1.165) is 5.56 Å². The van der Waals surface area contributed by atoms with E-state index in [1.165, 1.54) is 0 Å². The van der Waals surface area contributed by atoms with E-state index in [1.807, 2.05) is 30.3 Å². The number of rotatable bonds is 4. The van der Waals surface area contributed by atoms with E-state index in [2.05, 4.69) is 4.98 Å². The predicted octanol–water partition coefficient (Wildman–Crippen LogP) is 3.15. The number of nitrogens with zero attached hydrogens (tertiary/aromatic N) is 1. The molecule has 2 rings (SSSR count). The smallest absolute Gasteiger partial charge is 0.361 e. The number of oxazole rings is 1. The van der Waals surface area contributed by atoms with Crippen molar-refractivity contribution in [2.24, 2.45) is 0 Å². The zero-order valence-electron chi connectivity index (χ0n) is 13.6. The van der Waals surface area contributed by atoms with Crippen molar-refractivity contribution in [3.8, 4) is 11.5 Å². The van der Waals surface area contributed by atoms with Crippen LogP contribution in [-0.2, 0) is 14.3 Å². The summed E-state index contributed by atoms with van der Waals surface area (Å²) in [5, 5.41) is 0. The van der Waals surface area contributed by atoms with Crippen molar-refractivity contribution in [2.45, 2.75) is 33.3 Å². The Morgan fingerprint density at radius 3 is 2.43 bits per heavy atom. The van der Waals surface area contributed by atoms with Crippen LogP contribution in [0.25, 0.3) is 11.5 Å². The van der Waals surface area contributed by atoms with Crippen LogP contribution in [0.1, 0.15) is 37.0 Å². The minimum atomic E-state index is -0.723. The lowest BCUT2D eigenvalue weighted by Crippen LogP contribution is -2.27. The summed E-state index contributed by atoms with van der Waals surface area (Å²) in [7, 11) is 0. The molecule has 0 atom stereocenters. The van der Waals surface area contributed by atoms with Gasteiger partial charge in [-0.2, -0.15) is 0 Å². The second-order valence-electron chi connectivity index (χ2n) is 5.95. The fourth-order valence-electron chi connectivity index (χ4n) is 1.85. The minimum absolute atomic E-state index is 0.0485. The molecule has 0 saturated carbocycles. The number of hydrogen-bond donors (Lipinski definition) is 0. The molecular weight excluding hydrogens is 298 g/mol. The monoisotopic (exact) mass is 317 g/mol. The molecule has 23 heavy (non-hydrogen) atoms. The van der Waals surface area contributed by atoms with Crippen LogP contribution >= 0.6 is 0 Å². The number of aryl methyl sites for hydroxylation is 1. The van der Waals surface area contributed by atoms with Crippen LogP contribution in [-0.4, -0.2) is 29.1 Å². The highest BCUT2D eigenvalue weighted by molar-refractivity contribution is 5.90. The third kappa shape index (κ3) is 4.67. The van der Waals surface area contributed by atoms with Crippen molar-refractivity contribution in [1.82, 2.24) is 4.98 Å². The Kier molecular flexibility index (Phi) is 4.83. The Morgan fingerprint density at radius 1 is 1.17 bits per heavy atom. The van der Waals surface area contributed by atoms with Gasteiger partial charge in [0, 0.05) is 5.56 Å². The molecule has 0 N–H and O–H groups in total.